The maximum atomic E-state index is 11.9. The Morgan fingerprint density at radius 3 is 1.24 bits per heavy atom. The van der Waals surface area contributed by atoms with Gasteiger partial charge in [0.2, 0.25) is 0 Å². The molecule has 0 aliphatic heterocycles. The van der Waals surface area contributed by atoms with Crippen LogP contribution >= 0.6 is 31.9 Å². The van der Waals surface area contributed by atoms with Gasteiger partial charge in [0.05, 0.1) is 4.90 Å². The maximum absolute atomic E-state index is 11.9. The number of halogens is 2. The third kappa shape index (κ3) is 3.71. The maximum Gasteiger partial charge on any atom is 0.125 e. The summed E-state index contributed by atoms with van der Waals surface area (Å²) < 4.78 is 37.1. The SMILES string of the molecule is CC(C)c1c(Br)c(C(C)C)c(S(=O)(=O)[O-])c(C(C)C)c1Br. The first-order valence-electron chi connectivity index (χ1n) is 6.91. The van der Waals surface area contributed by atoms with Crippen LogP contribution in [0.4, 0.5) is 0 Å². The molecule has 0 N–H and O–H groups in total. The Morgan fingerprint density at radius 1 is 0.762 bits per heavy atom. The van der Waals surface area contributed by atoms with Crippen LogP contribution in [0.25, 0.3) is 0 Å². The fraction of sp³-hybridized carbons (Fsp3) is 0.600. The quantitative estimate of drug-likeness (QED) is 0.581. The normalized spacial score (nSPS) is 12.8. The lowest BCUT2D eigenvalue weighted by Crippen LogP contribution is -2.14. The van der Waals surface area contributed by atoms with Crippen molar-refractivity contribution in [2.45, 2.75) is 64.2 Å². The highest BCUT2D eigenvalue weighted by atomic mass is 79.9. The van der Waals surface area contributed by atoms with E-state index in [1.807, 2.05) is 41.5 Å². The van der Waals surface area contributed by atoms with E-state index in [9.17, 15) is 13.0 Å². The molecule has 6 heteroatoms. The van der Waals surface area contributed by atoms with E-state index in [1.165, 1.54) is 0 Å². The van der Waals surface area contributed by atoms with Crippen LogP contribution < -0.4 is 0 Å². The van der Waals surface area contributed by atoms with Crippen LogP contribution in [0.2, 0.25) is 0 Å². The van der Waals surface area contributed by atoms with Gasteiger partial charge in [-0.25, -0.2) is 8.42 Å². The van der Waals surface area contributed by atoms with E-state index in [2.05, 4.69) is 31.9 Å². The Bertz CT molecular complexity index is 612. The summed E-state index contributed by atoms with van der Waals surface area (Å²) in [5, 5.41) is 0. The van der Waals surface area contributed by atoms with Crippen LogP contribution in [0.3, 0.4) is 0 Å². The van der Waals surface area contributed by atoms with E-state index < -0.39 is 10.1 Å². The zero-order chi connectivity index (χ0) is 16.7. The predicted molar refractivity (Wildman–Crippen MR) is 92.1 cm³/mol. The Hall–Kier alpha value is 0.0900. The standard InChI is InChI=1S/C15H22Br2O3S/c1-7(2)10-13(16)11(8(3)4)15(21(18,19)20)12(9(5)6)14(10)17/h7-9H,1-6H3,(H,18,19,20)/p-1. The second kappa shape index (κ2) is 6.69. The summed E-state index contributed by atoms with van der Waals surface area (Å²) in [7, 11) is -4.55. The minimum atomic E-state index is -4.55. The van der Waals surface area contributed by atoms with Gasteiger partial charge in [-0.2, -0.15) is 0 Å². The molecule has 1 aromatic rings. The van der Waals surface area contributed by atoms with Gasteiger partial charge >= 0.3 is 0 Å². The molecule has 1 rings (SSSR count). The summed E-state index contributed by atoms with van der Waals surface area (Å²) in [6.07, 6.45) is 0. The molecule has 0 aliphatic carbocycles. The number of rotatable bonds is 4. The van der Waals surface area contributed by atoms with E-state index in [4.69, 9.17) is 0 Å². The van der Waals surface area contributed by atoms with Gasteiger partial charge in [0.15, 0.2) is 0 Å². The minimum absolute atomic E-state index is 0.0683. The Balaban J connectivity index is 4.12. The van der Waals surface area contributed by atoms with E-state index in [-0.39, 0.29) is 22.6 Å². The zero-order valence-electron chi connectivity index (χ0n) is 13.1. The van der Waals surface area contributed by atoms with Gasteiger partial charge in [-0.15, -0.1) is 0 Å². The van der Waals surface area contributed by atoms with Crippen LogP contribution in [-0.4, -0.2) is 13.0 Å². The van der Waals surface area contributed by atoms with Gasteiger partial charge in [-0.1, -0.05) is 73.4 Å². The molecule has 0 saturated heterocycles. The topological polar surface area (TPSA) is 57.2 Å². The third-order valence-electron chi connectivity index (χ3n) is 3.42. The largest absolute Gasteiger partial charge is 0.744 e. The molecule has 0 heterocycles. The van der Waals surface area contributed by atoms with E-state index >= 15 is 0 Å². The molecule has 0 bridgehead atoms. The van der Waals surface area contributed by atoms with Gasteiger partial charge < -0.3 is 4.55 Å². The third-order valence-corrected chi connectivity index (χ3v) is 6.07. The van der Waals surface area contributed by atoms with Crippen LogP contribution in [0.1, 0.15) is 76.0 Å². The van der Waals surface area contributed by atoms with E-state index in [0.29, 0.717) is 11.1 Å². The molecule has 0 amide bonds. The van der Waals surface area contributed by atoms with Crippen molar-refractivity contribution in [3.05, 3.63) is 25.6 Å². The summed E-state index contributed by atoms with van der Waals surface area (Å²) in [5.41, 5.74) is 2.18. The molecule has 21 heavy (non-hydrogen) atoms. The Labute approximate surface area is 144 Å². The highest BCUT2D eigenvalue weighted by Crippen LogP contribution is 2.46. The molecule has 3 nitrogen and oxygen atoms in total. The lowest BCUT2D eigenvalue weighted by Gasteiger charge is -2.28. The van der Waals surface area contributed by atoms with Crippen molar-refractivity contribution in [2.75, 3.05) is 0 Å². The average Bonchev–Trinajstić information content (AvgIpc) is 2.24. The predicted octanol–water partition coefficient (Wildman–Crippen LogP) is 5.49. The molecule has 0 saturated carbocycles. The molecule has 0 fully saturated rings. The number of hydrogen-bond acceptors (Lipinski definition) is 3. The van der Waals surface area contributed by atoms with Gasteiger partial charge in [0, 0.05) is 8.95 Å². The molecular formula is C15H21Br2O3S-. The van der Waals surface area contributed by atoms with Crippen molar-refractivity contribution < 1.29 is 13.0 Å². The second-order valence-electron chi connectivity index (χ2n) is 6.12. The van der Waals surface area contributed by atoms with Gasteiger partial charge in [-0.3, -0.25) is 0 Å². The van der Waals surface area contributed by atoms with Crippen LogP contribution in [0.15, 0.2) is 13.8 Å². The smallest absolute Gasteiger partial charge is 0.125 e. The summed E-state index contributed by atoms with van der Waals surface area (Å²) in [5.74, 6) is 0.0644. The lowest BCUT2D eigenvalue weighted by atomic mass is 9.89. The molecule has 0 radical (unpaired) electrons. The van der Waals surface area contributed by atoms with Crippen LogP contribution in [-0.2, 0) is 10.1 Å². The molecular weight excluding hydrogens is 420 g/mol. The molecule has 0 aliphatic rings. The Kier molecular flexibility index (Phi) is 6.09. The monoisotopic (exact) mass is 439 g/mol. The van der Waals surface area contributed by atoms with E-state index in [1.54, 1.807) is 0 Å². The highest BCUT2D eigenvalue weighted by molar-refractivity contribution is 9.11. The van der Waals surface area contributed by atoms with Crippen molar-refractivity contribution in [2.24, 2.45) is 0 Å². The van der Waals surface area contributed by atoms with Gasteiger partial charge in [0.1, 0.15) is 10.1 Å². The van der Waals surface area contributed by atoms with Crippen molar-refractivity contribution in [3.8, 4) is 0 Å². The van der Waals surface area contributed by atoms with Crippen LogP contribution in [0.5, 0.6) is 0 Å². The van der Waals surface area contributed by atoms with Gasteiger partial charge in [0.25, 0.3) is 0 Å². The lowest BCUT2D eigenvalue weighted by molar-refractivity contribution is 0.459. The summed E-state index contributed by atoms with van der Waals surface area (Å²) in [6.45, 7) is 11.7. The molecule has 0 unspecified atom stereocenters. The van der Waals surface area contributed by atoms with Gasteiger partial charge in [-0.05, 0) is 34.4 Å². The van der Waals surface area contributed by atoms with Crippen molar-refractivity contribution in [1.82, 2.24) is 0 Å². The summed E-state index contributed by atoms with van der Waals surface area (Å²) >= 11 is 7.05. The average molecular weight is 441 g/mol. The molecule has 0 atom stereocenters. The highest BCUT2D eigenvalue weighted by Gasteiger charge is 2.28. The fourth-order valence-corrected chi connectivity index (χ4v) is 6.91. The molecule has 0 spiro atoms. The zero-order valence-corrected chi connectivity index (χ0v) is 17.1. The summed E-state index contributed by atoms with van der Waals surface area (Å²) in [4.78, 5) is -0.0735. The summed E-state index contributed by atoms with van der Waals surface area (Å²) in [6, 6.07) is 0. The number of hydrogen-bond donors (Lipinski definition) is 0. The first-order valence-corrected chi connectivity index (χ1v) is 9.91. The first kappa shape index (κ1) is 19.1. The second-order valence-corrected chi connectivity index (χ2v) is 9.02. The van der Waals surface area contributed by atoms with Crippen molar-refractivity contribution in [1.29, 1.82) is 0 Å². The van der Waals surface area contributed by atoms with Crippen LogP contribution in [0, 0.1) is 0 Å². The minimum Gasteiger partial charge on any atom is -0.744 e. The fourth-order valence-electron chi connectivity index (χ4n) is 2.54. The first-order chi connectivity index (χ1) is 9.41. The molecule has 0 aromatic heterocycles. The number of benzene rings is 1. The van der Waals surface area contributed by atoms with Crippen molar-refractivity contribution >= 4 is 42.0 Å². The van der Waals surface area contributed by atoms with E-state index in [0.717, 1.165) is 14.5 Å². The molecule has 120 valence electrons. The van der Waals surface area contributed by atoms with Crippen molar-refractivity contribution in [3.63, 3.8) is 0 Å². The molecule has 1 aromatic carbocycles. The Morgan fingerprint density at radius 2 is 1.05 bits per heavy atom.